The van der Waals surface area contributed by atoms with Crippen LogP contribution in [0.3, 0.4) is 0 Å². The van der Waals surface area contributed by atoms with Gasteiger partial charge in [0.1, 0.15) is 5.52 Å². The molecule has 4 aromatic heterocycles. The number of hydrogen-bond acceptors (Lipinski definition) is 3. The molecule has 162 valence electrons. The minimum atomic E-state index is 0.904. The third kappa shape index (κ3) is 2.15. The zero-order valence-corrected chi connectivity index (χ0v) is 18.8. The molecule has 4 heterocycles. The number of nitrogens with zero attached hydrogens (tertiary/aromatic N) is 4. The molecule has 0 aliphatic heterocycles. The van der Waals surface area contributed by atoms with Crippen molar-refractivity contribution in [1.29, 1.82) is 0 Å². The molecule has 0 fully saturated rings. The minimum Gasteiger partial charge on any atom is -0.290 e. The van der Waals surface area contributed by atoms with Crippen molar-refractivity contribution in [2.24, 2.45) is 0 Å². The summed E-state index contributed by atoms with van der Waals surface area (Å²) in [6.45, 7) is 0. The first-order valence-electron chi connectivity index (χ1n) is 12.0. The van der Waals surface area contributed by atoms with E-state index in [9.17, 15) is 0 Å². The van der Waals surface area contributed by atoms with E-state index in [0.29, 0.717) is 0 Å². The summed E-state index contributed by atoms with van der Waals surface area (Å²) in [5, 5.41) is 2.19. The fourth-order valence-electron chi connectivity index (χ4n) is 6.47. The maximum Gasteiger partial charge on any atom is 0.165 e. The predicted molar refractivity (Wildman–Crippen MR) is 140 cm³/mol. The van der Waals surface area contributed by atoms with Gasteiger partial charge in [-0.15, -0.1) is 0 Å². The summed E-state index contributed by atoms with van der Waals surface area (Å²) >= 11 is 0. The molecule has 0 amide bonds. The lowest BCUT2D eigenvalue weighted by Gasteiger charge is -2.10. The van der Waals surface area contributed by atoms with Crippen molar-refractivity contribution < 1.29 is 0 Å². The molecule has 0 saturated carbocycles. The first kappa shape index (κ1) is 17.8. The van der Waals surface area contributed by atoms with E-state index in [0.717, 1.165) is 51.3 Å². The second-order valence-corrected chi connectivity index (χ2v) is 9.71. The second kappa shape index (κ2) is 6.10. The number of benzene rings is 3. The Morgan fingerprint density at radius 3 is 2.46 bits per heavy atom. The van der Waals surface area contributed by atoms with Crippen molar-refractivity contribution in [2.45, 2.75) is 12.8 Å². The fraction of sp³-hybridized carbons (Fsp3) is 0.0645. The maximum atomic E-state index is 5.16. The van der Waals surface area contributed by atoms with Crippen LogP contribution < -0.4 is 0 Å². The molecule has 0 radical (unpaired) electrons. The van der Waals surface area contributed by atoms with E-state index in [-0.39, 0.29) is 0 Å². The van der Waals surface area contributed by atoms with Gasteiger partial charge in [-0.05, 0) is 81.6 Å². The van der Waals surface area contributed by atoms with E-state index < -0.39 is 0 Å². The highest BCUT2D eigenvalue weighted by molar-refractivity contribution is 6.12. The lowest BCUT2D eigenvalue weighted by molar-refractivity contribution is 1.23. The van der Waals surface area contributed by atoms with E-state index in [4.69, 9.17) is 9.97 Å². The van der Waals surface area contributed by atoms with Crippen LogP contribution in [0, 0.1) is 0 Å². The van der Waals surface area contributed by atoms with Crippen molar-refractivity contribution in [1.82, 2.24) is 19.4 Å². The molecule has 4 nitrogen and oxygen atoms in total. The largest absolute Gasteiger partial charge is 0.290 e. The maximum absolute atomic E-state index is 5.16. The average molecular weight is 447 g/mol. The number of hydrogen-bond donors (Lipinski definition) is 0. The van der Waals surface area contributed by atoms with Gasteiger partial charge in [0.25, 0.3) is 0 Å². The summed E-state index contributed by atoms with van der Waals surface area (Å²) in [5.41, 5.74) is 16.3. The Balaban J connectivity index is 1.41. The van der Waals surface area contributed by atoms with Gasteiger partial charge in [-0.25, -0.2) is 4.98 Å². The number of rotatable bonds is 0. The number of fused-ring (bicyclic) bond motifs is 15. The summed E-state index contributed by atoms with van der Waals surface area (Å²) in [5.74, 6) is 0. The van der Waals surface area contributed by atoms with Gasteiger partial charge in [-0.3, -0.25) is 14.4 Å². The molecule has 9 rings (SSSR count). The van der Waals surface area contributed by atoms with Crippen LogP contribution in [0.4, 0.5) is 0 Å². The molecule has 7 aromatic rings. The summed E-state index contributed by atoms with van der Waals surface area (Å²) < 4.78 is 2.27. The first-order valence-corrected chi connectivity index (χ1v) is 12.0. The Morgan fingerprint density at radius 1 is 0.657 bits per heavy atom. The van der Waals surface area contributed by atoms with Gasteiger partial charge in [0.15, 0.2) is 5.65 Å². The molecule has 3 aromatic carbocycles. The lowest BCUT2D eigenvalue weighted by atomic mass is 9.94. The van der Waals surface area contributed by atoms with Gasteiger partial charge in [-0.1, -0.05) is 42.5 Å². The molecular formula is C31H18N4. The molecule has 0 spiro atoms. The van der Waals surface area contributed by atoms with Gasteiger partial charge in [0, 0.05) is 29.4 Å². The Morgan fingerprint density at radius 2 is 1.51 bits per heavy atom. The van der Waals surface area contributed by atoms with Gasteiger partial charge in [-0.2, -0.15) is 0 Å². The third-order valence-corrected chi connectivity index (χ3v) is 7.92. The van der Waals surface area contributed by atoms with Crippen LogP contribution in [0.2, 0.25) is 0 Å². The number of pyridine rings is 3. The van der Waals surface area contributed by atoms with Crippen LogP contribution in [0.5, 0.6) is 0 Å². The van der Waals surface area contributed by atoms with Crippen LogP contribution in [0.1, 0.15) is 22.3 Å². The van der Waals surface area contributed by atoms with Crippen molar-refractivity contribution >= 4 is 38.5 Å². The summed E-state index contributed by atoms with van der Waals surface area (Å²) in [4.78, 5) is 14.3. The Labute approximate surface area is 200 Å². The highest BCUT2D eigenvalue weighted by Gasteiger charge is 2.29. The summed E-state index contributed by atoms with van der Waals surface area (Å²) in [6.07, 6.45) is 7.62. The molecular weight excluding hydrogens is 428 g/mol. The molecule has 35 heavy (non-hydrogen) atoms. The van der Waals surface area contributed by atoms with Crippen LogP contribution in [0.15, 0.2) is 85.3 Å². The Kier molecular flexibility index (Phi) is 3.11. The molecule has 0 bridgehead atoms. The SMILES string of the molecule is c1ccc2c(c1)Cc1ccc3c(c1-2)-c1cc2nc4c5ncccc5c5cnccc5n4c2cc1C3. The van der Waals surface area contributed by atoms with Gasteiger partial charge < -0.3 is 0 Å². The van der Waals surface area contributed by atoms with Gasteiger partial charge in [0.2, 0.25) is 0 Å². The van der Waals surface area contributed by atoms with E-state index in [1.54, 1.807) is 0 Å². The second-order valence-electron chi connectivity index (χ2n) is 9.71. The van der Waals surface area contributed by atoms with E-state index in [1.165, 1.54) is 44.5 Å². The predicted octanol–water partition coefficient (Wildman–Crippen LogP) is 6.73. The Hall–Kier alpha value is -4.57. The van der Waals surface area contributed by atoms with Crippen molar-refractivity contribution in [2.75, 3.05) is 0 Å². The molecule has 0 atom stereocenters. The monoisotopic (exact) mass is 446 g/mol. The summed E-state index contributed by atoms with van der Waals surface area (Å²) in [6, 6.07) is 24.4. The fourth-order valence-corrected chi connectivity index (χ4v) is 6.47. The van der Waals surface area contributed by atoms with E-state index in [1.807, 2.05) is 24.7 Å². The molecule has 4 heteroatoms. The molecule has 2 aliphatic carbocycles. The molecule has 0 unspecified atom stereocenters. The smallest absolute Gasteiger partial charge is 0.165 e. The topological polar surface area (TPSA) is 43.1 Å². The molecule has 2 aliphatic rings. The van der Waals surface area contributed by atoms with Crippen molar-refractivity contribution in [3.63, 3.8) is 0 Å². The van der Waals surface area contributed by atoms with Crippen molar-refractivity contribution in [3.8, 4) is 22.3 Å². The zero-order valence-electron chi connectivity index (χ0n) is 18.8. The van der Waals surface area contributed by atoms with E-state index in [2.05, 4.69) is 70.0 Å². The number of aromatic nitrogens is 4. The standard InChI is InChI=1S/C31H18N4/c1-2-5-21-17(4-1)12-18-7-8-19-13-20-14-27-25(15-23(20)29(19)28(18)21)34-31-30-22(6-3-10-33-30)24-16-32-11-9-26(24)35(27)31/h1-11,14-16H,12-13H2. The zero-order chi connectivity index (χ0) is 22.7. The van der Waals surface area contributed by atoms with Gasteiger partial charge in [0.05, 0.1) is 16.6 Å². The minimum absolute atomic E-state index is 0.904. The van der Waals surface area contributed by atoms with Crippen molar-refractivity contribution in [3.05, 3.63) is 108 Å². The summed E-state index contributed by atoms with van der Waals surface area (Å²) in [7, 11) is 0. The molecule has 0 saturated heterocycles. The highest BCUT2D eigenvalue weighted by Crippen LogP contribution is 2.50. The Bertz CT molecular complexity index is 2070. The highest BCUT2D eigenvalue weighted by atomic mass is 15.0. The van der Waals surface area contributed by atoms with Crippen LogP contribution in [0.25, 0.3) is 60.7 Å². The third-order valence-electron chi connectivity index (χ3n) is 7.92. The van der Waals surface area contributed by atoms with Crippen LogP contribution >= 0.6 is 0 Å². The molecule has 0 N–H and O–H groups in total. The quantitative estimate of drug-likeness (QED) is 0.243. The van der Waals surface area contributed by atoms with Gasteiger partial charge >= 0.3 is 0 Å². The van der Waals surface area contributed by atoms with Crippen LogP contribution in [-0.2, 0) is 12.8 Å². The number of imidazole rings is 1. The van der Waals surface area contributed by atoms with Crippen LogP contribution in [-0.4, -0.2) is 19.4 Å². The lowest BCUT2D eigenvalue weighted by Crippen LogP contribution is -1.93. The average Bonchev–Trinajstić information content (AvgIpc) is 3.58. The van der Waals surface area contributed by atoms with E-state index >= 15 is 0 Å². The first-order chi connectivity index (χ1) is 17.3. The normalized spacial score (nSPS) is 13.5.